The van der Waals surface area contributed by atoms with Crippen molar-refractivity contribution in [2.24, 2.45) is 0 Å². The van der Waals surface area contributed by atoms with Gasteiger partial charge in [-0.1, -0.05) is 12.8 Å². The van der Waals surface area contributed by atoms with E-state index in [9.17, 15) is 0 Å². The Morgan fingerprint density at radius 3 is 3.05 bits per heavy atom. The highest BCUT2D eigenvalue weighted by Gasteiger charge is 2.16. The molecule has 7 heteroatoms. The molecule has 0 bridgehead atoms. The van der Waals surface area contributed by atoms with Crippen LogP contribution < -0.4 is 5.32 Å². The lowest BCUT2D eigenvalue weighted by Crippen LogP contribution is -2.26. The third-order valence-electron chi connectivity index (χ3n) is 3.81. The SMILES string of the molecule is c1nc2ncn3c(CNC4CCCC4)nnc3c2[nH]1. The molecule has 1 fully saturated rings. The summed E-state index contributed by atoms with van der Waals surface area (Å²) in [7, 11) is 0. The summed E-state index contributed by atoms with van der Waals surface area (Å²) in [6, 6.07) is 0.621. The molecule has 1 aliphatic rings. The fraction of sp³-hybridized carbons (Fsp3) is 0.500. The number of fused-ring (bicyclic) bond motifs is 3. The molecule has 0 unspecified atom stereocenters. The van der Waals surface area contributed by atoms with Gasteiger partial charge in [0.05, 0.1) is 12.9 Å². The number of nitrogens with one attached hydrogen (secondary N) is 2. The van der Waals surface area contributed by atoms with Crippen molar-refractivity contribution in [3.8, 4) is 0 Å². The van der Waals surface area contributed by atoms with Gasteiger partial charge in [-0.3, -0.25) is 4.40 Å². The number of imidazole rings is 1. The van der Waals surface area contributed by atoms with Gasteiger partial charge in [0.25, 0.3) is 0 Å². The lowest BCUT2D eigenvalue weighted by molar-refractivity contribution is 0.511. The Balaban J connectivity index is 1.66. The van der Waals surface area contributed by atoms with E-state index in [1.54, 1.807) is 12.7 Å². The lowest BCUT2D eigenvalue weighted by Gasteiger charge is -2.10. The number of hydrogen-bond donors (Lipinski definition) is 2. The first kappa shape index (κ1) is 10.9. The number of rotatable bonds is 3. The molecule has 3 aromatic heterocycles. The second-order valence-corrected chi connectivity index (χ2v) is 5.02. The summed E-state index contributed by atoms with van der Waals surface area (Å²) >= 11 is 0. The van der Waals surface area contributed by atoms with Crippen LogP contribution in [-0.4, -0.2) is 35.6 Å². The van der Waals surface area contributed by atoms with Gasteiger partial charge in [-0.05, 0) is 12.8 Å². The average molecular weight is 257 g/mol. The molecule has 0 aromatic carbocycles. The van der Waals surface area contributed by atoms with Crippen LogP contribution in [0, 0.1) is 0 Å². The third kappa shape index (κ3) is 1.77. The maximum Gasteiger partial charge on any atom is 0.189 e. The first-order chi connectivity index (χ1) is 9.42. The van der Waals surface area contributed by atoms with Crippen molar-refractivity contribution in [3.05, 3.63) is 18.5 Å². The zero-order valence-electron chi connectivity index (χ0n) is 10.5. The molecule has 0 radical (unpaired) electrons. The second kappa shape index (κ2) is 4.27. The molecular formula is C12H15N7. The quantitative estimate of drug-likeness (QED) is 0.732. The van der Waals surface area contributed by atoms with Crippen LogP contribution in [0.25, 0.3) is 16.8 Å². The van der Waals surface area contributed by atoms with E-state index in [0.29, 0.717) is 11.7 Å². The Morgan fingerprint density at radius 1 is 1.26 bits per heavy atom. The molecule has 3 heterocycles. The summed E-state index contributed by atoms with van der Waals surface area (Å²) in [5, 5.41) is 12.0. The lowest BCUT2D eigenvalue weighted by atomic mass is 10.2. The van der Waals surface area contributed by atoms with Crippen molar-refractivity contribution in [2.45, 2.75) is 38.3 Å². The minimum absolute atomic E-state index is 0.621. The highest BCUT2D eigenvalue weighted by Crippen LogP contribution is 2.18. The number of aromatic nitrogens is 6. The average Bonchev–Trinajstić information content (AvgIpc) is 3.16. The molecule has 0 spiro atoms. The molecule has 19 heavy (non-hydrogen) atoms. The number of hydrogen-bond acceptors (Lipinski definition) is 5. The predicted octanol–water partition coefficient (Wildman–Crippen LogP) is 1.03. The minimum atomic E-state index is 0.621. The van der Waals surface area contributed by atoms with Gasteiger partial charge in [0, 0.05) is 6.04 Å². The summed E-state index contributed by atoms with van der Waals surface area (Å²) in [5.74, 6) is 0.894. The standard InChI is InChI=1S/C12H15N7/c1-2-4-8(3-1)13-5-9-17-18-12-10-11(15-6-14-10)16-7-19(9)12/h6-8,13H,1-5H2,(H,14,15). The molecule has 1 aliphatic carbocycles. The molecule has 0 aliphatic heterocycles. The molecule has 1 saturated carbocycles. The van der Waals surface area contributed by atoms with Gasteiger partial charge >= 0.3 is 0 Å². The molecule has 3 aromatic rings. The molecule has 4 rings (SSSR count). The normalized spacial score (nSPS) is 16.8. The predicted molar refractivity (Wildman–Crippen MR) is 69.5 cm³/mol. The van der Waals surface area contributed by atoms with Crippen LogP contribution in [0.2, 0.25) is 0 Å². The van der Waals surface area contributed by atoms with Crippen molar-refractivity contribution in [1.82, 2.24) is 34.9 Å². The van der Waals surface area contributed by atoms with Gasteiger partial charge in [-0.2, -0.15) is 0 Å². The zero-order chi connectivity index (χ0) is 12.7. The summed E-state index contributed by atoms with van der Waals surface area (Å²) in [6.07, 6.45) is 8.55. The second-order valence-electron chi connectivity index (χ2n) is 5.02. The summed E-state index contributed by atoms with van der Waals surface area (Å²) in [6.45, 7) is 0.729. The molecule has 2 N–H and O–H groups in total. The zero-order valence-corrected chi connectivity index (χ0v) is 10.5. The first-order valence-corrected chi connectivity index (χ1v) is 6.67. The number of nitrogens with zero attached hydrogens (tertiary/aromatic N) is 5. The fourth-order valence-electron chi connectivity index (χ4n) is 2.76. The van der Waals surface area contributed by atoms with Gasteiger partial charge in [-0.25, -0.2) is 9.97 Å². The maximum atomic E-state index is 4.29. The molecular weight excluding hydrogens is 242 g/mol. The van der Waals surface area contributed by atoms with E-state index in [1.165, 1.54) is 25.7 Å². The topological polar surface area (TPSA) is 83.8 Å². The number of H-pyrrole nitrogens is 1. The van der Waals surface area contributed by atoms with Gasteiger partial charge in [0.15, 0.2) is 17.1 Å². The van der Waals surface area contributed by atoms with Crippen molar-refractivity contribution >= 4 is 16.8 Å². The van der Waals surface area contributed by atoms with Crippen LogP contribution in [0.4, 0.5) is 0 Å². The monoisotopic (exact) mass is 257 g/mol. The summed E-state index contributed by atoms with van der Waals surface area (Å²) < 4.78 is 1.92. The molecule has 98 valence electrons. The van der Waals surface area contributed by atoms with Crippen molar-refractivity contribution in [3.63, 3.8) is 0 Å². The van der Waals surface area contributed by atoms with Gasteiger partial charge < -0.3 is 10.3 Å². The Hall–Kier alpha value is -2.02. The van der Waals surface area contributed by atoms with Gasteiger partial charge in [0.2, 0.25) is 0 Å². The molecule has 7 nitrogen and oxygen atoms in total. The van der Waals surface area contributed by atoms with E-state index >= 15 is 0 Å². The maximum absolute atomic E-state index is 4.29. The Kier molecular flexibility index (Phi) is 2.44. The third-order valence-corrected chi connectivity index (χ3v) is 3.81. The highest BCUT2D eigenvalue weighted by atomic mass is 15.3. The van der Waals surface area contributed by atoms with Gasteiger partial charge in [0.1, 0.15) is 11.8 Å². The Bertz CT molecular complexity index is 707. The largest absolute Gasteiger partial charge is 0.340 e. The van der Waals surface area contributed by atoms with E-state index in [4.69, 9.17) is 0 Å². The van der Waals surface area contributed by atoms with E-state index in [2.05, 4.69) is 30.5 Å². The van der Waals surface area contributed by atoms with E-state index in [0.717, 1.165) is 23.5 Å². The van der Waals surface area contributed by atoms with Crippen LogP contribution in [0.15, 0.2) is 12.7 Å². The number of aromatic amines is 1. The first-order valence-electron chi connectivity index (χ1n) is 6.67. The van der Waals surface area contributed by atoms with Crippen LogP contribution in [0.1, 0.15) is 31.5 Å². The summed E-state index contributed by atoms with van der Waals surface area (Å²) in [5.41, 5.74) is 2.29. The Labute approximate surface area is 109 Å². The molecule has 0 saturated heterocycles. The summed E-state index contributed by atoms with van der Waals surface area (Å²) in [4.78, 5) is 11.5. The highest BCUT2D eigenvalue weighted by molar-refractivity contribution is 5.84. The van der Waals surface area contributed by atoms with Crippen LogP contribution in [0.5, 0.6) is 0 Å². The minimum Gasteiger partial charge on any atom is -0.340 e. The molecule has 0 amide bonds. The van der Waals surface area contributed by atoms with Gasteiger partial charge in [-0.15, -0.1) is 10.2 Å². The van der Waals surface area contributed by atoms with Crippen molar-refractivity contribution < 1.29 is 0 Å². The molecule has 0 atom stereocenters. The van der Waals surface area contributed by atoms with E-state index in [1.807, 2.05) is 4.40 Å². The van der Waals surface area contributed by atoms with E-state index in [-0.39, 0.29) is 0 Å². The van der Waals surface area contributed by atoms with Crippen LogP contribution >= 0.6 is 0 Å². The van der Waals surface area contributed by atoms with Crippen molar-refractivity contribution in [1.29, 1.82) is 0 Å². The van der Waals surface area contributed by atoms with Crippen LogP contribution in [0.3, 0.4) is 0 Å². The fourth-order valence-corrected chi connectivity index (χ4v) is 2.76. The van der Waals surface area contributed by atoms with Crippen molar-refractivity contribution in [2.75, 3.05) is 0 Å². The Morgan fingerprint density at radius 2 is 2.16 bits per heavy atom. The smallest absolute Gasteiger partial charge is 0.189 e. The van der Waals surface area contributed by atoms with Crippen LogP contribution in [-0.2, 0) is 6.54 Å². The van der Waals surface area contributed by atoms with E-state index < -0.39 is 0 Å².